The van der Waals surface area contributed by atoms with E-state index in [2.05, 4.69) is 10.2 Å². The van der Waals surface area contributed by atoms with Crippen LogP contribution in [0.5, 0.6) is 0 Å². The standard InChI is InChI=1S/C27H37N5O4/c1-16(2)28-23(33)15-32-24(17-6-7-17)29-22-9-8-20(10-21(22)25(32)34)30-11-18-13-31(14-19(18)12-30)26(35)36-27(3,4)5/h8-10,16-19H,6-7,11-15H2,1-5H3,(H,28,33). The Balaban J connectivity index is 1.35. The van der Waals surface area contributed by atoms with Crippen molar-refractivity contribution in [2.24, 2.45) is 11.8 Å². The highest BCUT2D eigenvalue weighted by Crippen LogP contribution is 2.39. The highest BCUT2D eigenvalue weighted by Gasteiger charge is 2.43. The number of benzene rings is 1. The zero-order valence-corrected chi connectivity index (χ0v) is 21.9. The zero-order valence-electron chi connectivity index (χ0n) is 21.9. The first kappa shape index (κ1) is 24.6. The van der Waals surface area contributed by atoms with Crippen molar-refractivity contribution in [2.75, 3.05) is 31.1 Å². The summed E-state index contributed by atoms with van der Waals surface area (Å²) in [5.74, 6) is 1.55. The molecule has 36 heavy (non-hydrogen) atoms. The van der Waals surface area contributed by atoms with Crippen LogP contribution in [-0.4, -0.2) is 64.3 Å². The summed E-state index contributed by atoms with van der Waals surface area (Å²) in [6.07, 6.45) is 1.76. The molecule has 1 saturated carbocycles. The largest absolute Gasteiger partial charge is 0.444 e. The maximum absolute atomic E-state index is 13.6. The normalized spacial score (nSPS) is 21.8. The van der Waals surface area contributed by atoms with Gasteiger partial charge in [-0.15, -0.1) is 0 Å². The van der Waals surface area contributed by atoms with Gasteiger partial charge in [0.15, 0.2) is 0 Å². The van der Waals surface area contributed by atoms with Gasteiger partial charge >= 0.3 is 6.09 Å². The molecule has 3 heterocycles. The van der Waals surface area contributed by atoms with Crippen molar-refractivity contribution in [3.63, 3.8) is 0 Å². The predicted molar refractivity (Wildman–Crippen MR) is 138 cm³/mol. The molecule has 1 aromatic heterocycles. The quantitative estimate of drug-likeness (QED) is 0.685. The molecular weight excluding hydrogens is 458 g/mol. The molecule has 2 atom stereocenters. The minimum absolute atomic E-state index is 0.00955. The van der Waals surface area contributed by atoms with Crippen molar-refractivity contribution in [1.29, 1.82) is 0 Å². The summed E-state index contributed by atoms with van der Waals surface area (Å²) >= 11 is 0. The van der Waals surface area contributed by atoms with E-state index in [1.165, 1.54) is 0 Å². The molecule has 0 spiro atoms. The first-order valence-corrected chi connectivity index (χ1v) is 13.0. The zero-order chi connectivity index (χ0) is 25.8. The van der Waals surface area contributed by atoms with Gasteiger partial charge in [-0.1, -0.05) is 0 Å². The molecule has 2 aromatic rings. The van der Waals surface area contributed by atoms with Crippen LogP contribution < -0.4 is 15.8 Å². The summed E-state index contributed by atoms with van der Waals surface area (Å²) in [6, 6.07) is 5.90. The summed E-state index contributed by atoms with van der Waals surface area (Å²) in [7, 11) is 0. The fourth-order valence-corrected chi connectivity index (χ4v) is 5.42. The Morgan fingerprint density at radius 2 is 1.78 bits per heavy atom. The molecule has 3 fully saturated rings. The van der Waals surface area contributed by atoms with Gasteiger partial charge in [-0.3, -0.25) is 14.2 Å². The van der Waals surface area contributed by atoms with Crippen molar-refractivity contribution >= 4 is 28.6 Å². The third kappa shape index (κ3) is 5.06. The van der Waals surface area contributed by atoms with Crippen LogP contribution in [0.1, 0.15) is 59.2 Å². The number of rotatable bonds is 5. The second-order valence-corrected chi connectivity index (χ2v) is 11.9. The van der Waals surface area contributed by atoms with Crippen molar-refractivity contribution in [3.05, 3.63) is 34.4 Å². The molecular formula is C27H37N5O4. The van der Waals surface area contributed by atoms with E-state index in [-0.39, 0.29) is 36.1 Å². The number of ether oxygens (including phenoxy) is 1. The lowest BCUT2D eigenvalue weighted by molar-refractivity contribution is -0.122. The average molecular weight is 496 g/mol. The van der Waals surface area contributed by atoms with Crippen molar-refractivity contribution in [2.45, 2.75) is 71.6 Å². The SMILES string of the molecule is CC(C)NC(=O)Cn1c(C2CC2)nc2ccc(N3CC4CN(C(=O)OC(C)(C)C)CC4C3)cc2c1=O. The lowest BCUT2D eigenvalue weighted by Gasteiger charge is -2.26. The number of amides is 2. The number of nitrogens with one attached hydrogen (secondary N) is 1. The Hall–Kier alpha value is -3.10. The van der Waals surface area contributed by atoms with E-state index < -0.39 is 5.60 Å². The number of carbonyl (C=O) groups excluding carboxylic acids is 2. The third-order valence-electron chi connectivity index (χ3n) is 7.16. The Morgan fingerprint density at radius 1 is 1.11 bits per heavy atom. The Bertz CT molecular complexity index is 1230. The van der Waals surface area contributed by atoms with Gasteiger partial charge in [0.2, 0.25) is 5.91 Å². The molecule has 9 nitrogen and oxygen atoms in total. The van der Waals surface area contributed by atoms with E-state index in [1.807, 2.05) is 57.7 Å². The molecule has 1 aromatic carbocycles. The summed E-state index contributed by atoms with van der Waals surface area (Å²) < 4.78 is 7.12. The van der Waals surface area contributed by atoms with Gasteiger partial charge in [0.1, 0.15) is 18.0 Å². The van der Waals surface area contributed by atoms with Crippen LogP contribution in [0.15, 0.2) is 23.0 Å². The molecule has 2 unspecified atom stereocenters. The van der Waals surface area contributed by atoms with Gasteiger partial charge in [-0.25, -0.2) is 9.78 Å². The second-order valence-electron chi connectivity index (χ2n) is 11.9. The van der Waals surface area contributed by atoms with Gasteiger partial charge in [-0.2, -0.15) is 0 Å². The van der Waals surface area contributed by atoms with E-state index in [0.29, 0.717) is 35.8 Å². The molecule has 2 saturated heterocycles. The predicted octanol–water partition coefficient (Wildman–Crippen LogP) is 3.10. The molecule has 0 bridgehead atoms. The van der Waals surface area contributed by atoms with Crippen LogP contribution in [-0.2, 0) is 16.1 Å². The summed E-state index contributed by atoms with van der Waals surface area (Å²) in [6.45, 7) is 12.5. The monoisotopic (exact) mass is 495 g/mol. The maximum Gasteiger partial charge on any atom is 0.410 e. The number of fused-ring (bicyclic) bond motifs is 2. The smallest absolute Gasteiger partial charge is 0.410 e. The van der Waals surface area contributed by atoms with Crippen LogP contribution >= 0.6 is 0 Å². The molecule has 9 heteroatoms. The molecule has 1 N–H and O–H groups in total. The number of likely N-dealkylation sites (tertiary alicyclic amines) is 1. The molecule has 5 rings (SSSR count). The molecule has 0 radical (unpaired) electrons. The fourth-order valence-electron chi connectivity index (χ4n) is 5.42. The Labute approximate surface area is 211 Å². The van der Waals surface area contributed by atoms with Crippen LogP contribution in [0.3, 0.4) is 0 Å². The number of hydrogen-bond acceptors (Lipinski definition) is 6. The van der Waals surface area contributed by atoms with Crippen molar-refractivity contribution in [3.8, 4) is 0 Å². The lowest BCUT2D eigenvalue weighted by Crippen LogP contribution is -2.38. The maximum atomic E-state index is 13.6. The molecule has 2 aliphatic heterocycles. The summed E-state index contributed by atoms with van der Waals surface area (Å²) in [4.78, 5) is 47.5. The van der Waals surface area contributed by atoms with Crippen LogP contribution in [0, 0.1) is 11.8 Å². The van der Waals surface area contributed by atoms with Crippen molar-refractivity contribution < 1.29 is 14.3 Å². The van der Waals surface area contributed by atoms with E-state index >= 15 is 0 Å². The third-order valence-corrected chi connectivity index (χ3v) is 7.16. The number of anilines is 1. The highest BCUT2D eigenvalue weighted by atomic mass is 16.6. The van der Waals surface area contributed by atoms with Crippen LogP contribution in [0.2, 0.25) is 0 Å². The van der Waals surface area contributed by atoms with E-state index in [0.717, 1.165) is 37.4 Å². The van der Waals surface area contributed by atoms with E-state index in [1.54, 1.807) is 4.57 Å². The number of carbonyl (C=O) groups is 2. The number of aromatic nitrogens is 2. The van der Waals surface area contributed by atoms with Gasteiger partial charge in [0.05, 0.1) is 10.9 Å². The topological polar surface area (TPSA) is 96.8 Å². The number of hydrogen-bond donors (Lipinski definition) is 1. The molecule has 194 valence electrons. The minimum atomic E-state index is -0.498. The first-order chi connectivity index (χ1) is 17.0. The van der Waals surface area contributed by atoms with E-state index in [4.69, 9.17) is 9.72 Å². The minimum Gasteiger partial charge on any atom is -0.444 e. The summed E-state index contributed by atoms with van der Waals surface area (Å²) in [5, 5.41) is 3.43. The van der Waals surface area contributed by atoms with Gasteiger partial charge < -0.3 is 19.9 Å². The number of nitrogens with zero attached hydrogens (tertiary/aromatic N) is 4. The van der Waals surface area contributed by atoms with Crippen LogP contribution in [0.4, 0.5) is 10.5 Å². The Kier molecular flexibility index (Phi) is 6.21. The summed E-state index contributed by atoms with van der Waals surface area (Å²) in [5.41, 5.74) is 1.01. The highest BCUT2D eigenvalue weighted by molar-refractivity contribution is 5.83. The van der Waals surface area contributed by atoms with Gasteiger partial charge in [-0.05, 0) is 65.7 Å². The fraction of sp³-hybridized carbons (Fsp3) is 0.630. The van der Waals surface area contributed by atoms with E-state index in [9.17, 15) is 14.4 Å². The molecule has 1 aliphatic carbocycles. The molecule has 3 aliphatic rings. The van der Waals surface area contributed by atoms with Crippen molar-refractivity contribution in [1.82, 2.24) is 19.8 Å². The lowest BCUT2D eigenvalue weighted by atomic mass is 10.0. The van der Waals surface area contributed by atoms with Crippen LogP contribution in [0.25, 0.3) is 10.9 Å². The van der Waals surface area contributed by atoms with Gasteiger partial charge in [0, 0.05) is 55.7 Å². The second kappa shape index (κ2) is 9.09. The first-order valence-electron chi connectivity index (χ1n) is 13.0. The van der Waals surface area contributed by atoms with Gasteiger partial charge in [0.25, 0.3) is 5.56 Å². The molecule has 2 amide bonds. The average Bonchev–Trinajstić information content (AvgIpc) is 3.42. The Morgan fingerprint density at radius 3 is 2.36 bits per heavy atom.